The van der Waals surface area contributed by atoms with Crippen molar-refractivity contribution < 1.29 is 9.53 Å². The van der Waals surface area contributed by atoms with Crippen molar-refractivity contribution in [3.8, 4) is 5.75 Å². The van der Waals surface area contributed by atoms with Crippen LogP contribution in [0.5, 0.6) is 5.75 Å². The summed E-state index contributed by atoms with van der Waals surface area (Å²) in [7, 11) is 0. The summed E-state index contributed by atoms with van der Waals surface area (Å²) in [5.74, 6) is 0.846. The fourth-order valence-electron chi connectivity index (χ4n) is 1.90. The molecule has 0 aliphatic carbocycles. The Hall–Kier alpha value is -1.55. The minimum atomic E-state index is 0.0293. The number of nitrogens with one attached hydrogen (secondary N) is 2. The molecule has 2 N–H and O–H groups in total. The van der Waals surface area contributed by atoms with Gasteiger partial charge < -0.3 is 15.4 Å². The second-order valence-electron chi connectivity index (χ2n) is 4.80. The summed E-state index contributed by atoms with van der Waals surface area (Å²) < 4.78 is 5.63. The van der Waals surface area contributed by atoms with Crippen LogP contribution in [0.1, 0.15) is 45.2 Å². The van der Waals surface area contributed by atoms with Crippen molar-refractivity contribution in [2.45, 2.75) is 39.7 Å². The maximum atomic E-state index is 11.3. The number of ether oxygens (including phenoxy) is 1. The lowest BCUT2D eigenvalue weighted by molar-refractivity contribution is -0.121. The largest absolute Gasteiger partial charge is 0.493 e. The normalized spacial score (nSPS) is 11.9. The van der Waals surface area contributed by atoms with Gasteiger partial charge >= 0.3 is 0 Å². The highest BCUT2D eigenvalue weighted by atomic mass is 16.5. The number of benzene rings is 1. The molecule has 0 saturated heterocycles. The van der Waals surface area contributed by atoms with Crippen LogP contribution in [-0.2, 0) is 4.79 Å². The second kappa shape index (κ2) is 9.37. The fraction of sp³-hybridized carbons (Fsp3) is 0.562. The predicted octanol–water partition coefficient (Wildman–Crippen LogP) is 2.65. The SMILES string of the molecule is CCCNC(C)c1cccc(OCCC(=O)NCC)c1. The maximum absolute atomic E-state index is 11.3. The van der Waals surface area contributed by atoms with Crippen molar-refractivity contribution in [3.63, 3.8) is 0 Å². The molecule has 0 spiro atoms. The summed E-state index contributed by atoms with van der Waals surface area (Å²) >= 11 is 0. The average Bonchev–Trinajstić information content (AvgIpc) is 2.45. The Labute approximate surface area is 121 Å². The van der Waals surface area contributed by atoms with Gasteiger partial charge in [0.2, 0.25) is 5.91 Å². The van der Waals surface area contributed by atoms with Crippen LogP contribution in [0, 0.1) is 0 Å². The first-order chi connectivity index (χ1) is 9.67. The van der Waals surface area contributed by atoms with Crippen molar-refractivity contribution in [1.82, 2.24) is 10.6 Å². The molecular formula is C16H26N2O2. The summed E-state index contributed by atoms with van der Waals surface area (Å²) in [6.07, 6.45) is 1.51. The summed E-state index contributed by atoms with van der Waals surface area (Å²) in [6.45, 7) is 8.28. The van der Waals surface area contributed by atoms with Crippen LogP contribution in [-0.4, -0.2) is 25.6 Å². The zero-order valence-corrected chi connectivity index (χ0v) is 12.7. The van der Waals surface area contributed by atoms with E-state index < -0.39 is 0 Å². The third kappa shape index (κ3) is 6.06. The summed E-state index contributed by atoms with van der Waals surface area (Å²) in [4.78, 5) is 11.3. The summed E-state index contributed by atoms with van der Waals surface area (Å²) in [5.41, 5.74) is 1.20. The molecule has 20 heavy (non-hydrogen) atoms. The lowest BCUT2D eigenvalue weighted by Gasteiger charge is -2.15. The van der Waals surface area contributed by atoms with Gasteiger partial charge in [0.25, 0.3) is 0 Å². The third-order valence-corrected chi connectivity index (χ3v) is 3.03. The molecule has 0 saturated carbocycles. The van der Waals surface area contributed by atoms with Gasteiger partial charge in [-0.1, -0.05) is 19.1 Å². The highest BCUT2D eigenvalue weighted by molar-refractivity contribution is 5.75. The molecule has 112 valence electrons. The highest BCUT2D eigenvalue weighted by Gasteiger charge is 2.06. The van der Waals surface area contributed by atoms with Gasteiger partial charge in [-0.25, -0.2) is 0 Å². The molecule has 0 fully saturated rings. The average molecular weight is 278 g/mol. The monoisotopic (exact) mass is 278 g/mol. The number of hydrogen-bond acceptors (Lipinski definition) is 3. The van der Waals surface area contributed by atoms with E-state index in [2.05, 4.69) is 30.5 Å². The molecule has 1 atom stereocenters. The van der Waals surface area contributed by atoms with Crippen LogP contribution in [0.2, 0.25) is 0 Å². The van der Waals surface area contributed by atoms with Crippen molar-refractivity contribution in [2.24, 2.45) is 0 Å². The molecule has 1 rings (SSSR count). The molecule has 0 aliphatic rings. The van der Waals surface area contributed by atoms with E-state index in [1.54, 1.807) is 0 Å². The van der Waals surface area contributed by atoms with Gasteiger partial charge in [-0.2, -0.15) is 0 Å². The maximum Gasteiger partial charge on any atom is 0.223 e. The van der Waals surface area contributed by atoms with Gasteiger partial charge in [-0.05, 0) is 44.5 Å². The zero-order valence-electron chi connectivity index (χ0n) is 12.7. The van der Waals surface area contributed by atoms with Crippen LogP contribution >= 0.6 is 0 Å². The molecule has 0 heterocycles. The van der Waals surface area contributed by atoms with Gasteiger partial charge in [-0.3, -0.25) is 4.79 Å². The van der Waals surface area contributed by atoms with Gasteiger partial charge in [0.1, 0.15) is 5.75 Å². The first-order valence-corrected chi connectivity index (χ1v) is 7.40. The molecule has 1 unspecified atom stereocenters. The zero-order chi connectivity index (χ0) is 14.8. The van der Waals surface area contributed by atoms with Crippen molar-refractivity contribution in [1.29, 1.82) is 0 Å². The molecular weight excluding hydrogens is 252 g/mol. The van der Waals surface area contributed by atoms with Crippen LogP contribution in [0.25, 0.3) is 0 Å². The van der Waals surface area contributed by atoms with E-state index >= 15 is 0 Å². The number of amides is 1. The molecule has 0 aliphatic heterocycles. The van der Waals surface area contributed by atoms with Crippen molar-refractivity contribution >= 4 is 5.91 Å². The molecule has 0 bridgehead atoms. The Morgan fingerprint density at radius 3 is 2.85 bits per heavy atom. The Morgan fingerprint density at radius 1 is 1.35 bits per heavy atom. The molecule has 0 radical (unpaired) electrons. The molecule has 0 aromatic heterocycles. The second-order valence-corrected chi connectivity index (χ2v) is 4.80. The van der Waals surface area contributed by atoms with Crippen LogP contribution in [0.4, 0.5) is 0 Å². The Bertz CT molecular complexity index is 407. The van der Waals surface area contributed by atoms with E-state index in [-0.39, 0.29) is 5.91 Å². The Balaban J connectivity index is 2.45. The van der Waals surface area contributed by atoms with Crippen LogP contribution in [0.15, 0.2) is 24.3 Å². The van der Waals surface area contributed by atoms with Gasteiger partial charge in [0.05, 0.1) is 13.0 Å². The minimum absolute atomic E-state index is 0.0293. The van der Waals surface area contributed by atoms with E-state index in [9.17, 15) is 4.79 Å². The van der Waals surface area contributed by atoms with Crippen molar-refractivity contribution in [2.75, 3.05) is 19.7 Å². The third-order valence-electron chi connectivity index (χ3n) is 3.03. The predicted molar refractivity (Wildman–Crippen MR) is 81.9 cm³/mol. The molecule has 4 nitrogen and oxygen atoms in total. The Morgan fingerprint density at radius 2 is 2.15 bits per heavy atom. The van der Waals surface area contributed by atoms with E-state index in [0.29, 0.717) is 25.6 Å². The standard InChI is InChI=1S/C16H26N2O2/c1-4-10-18-13(3)14-7-6-8-15(12-14)20-11-9-16(19)17-5-2/h6-8,12-13,18H,4-5,9-11H2,1-3H3,(H,17,19). The van der Waals surface area contributed by atoms with Crippen LogP contribution < -0.4 is 15.4 Å². The molecule has 1 aromatic carbocycles. The number of carbonyl (C=O) groups is 1. The van der Waals surface area contributed by atoms with E-state index in [1.807, 2.05) is 25.1 Å². The number of rotatable bonds is 9. The number of hydrogen-bond donors (Lipinski definition) is 2. The smallest absolute Gasteiger partial charge is 0.223 e. The van der Waals surface area contributed by atoms with Crippen molar-refractivity contribution in [3.05, 3.63) is 29.8 Å². The van der Waals surface area contributed by atoms with E-state index in [0.717, 1.165) is 18.7 Å². The summed E-state index contributed by atoms with van der Waals surface area (Å²) in [5, 5.41) is 6.20. The quantitative estimate of drug-likeness (QED) is 0.730. The summed E-state index contributed by atoms with van der Waals surface area (Å²) in [6, 6.07) is 8.34. The van der Waals surface area contributed by atoms with Gasteiger partial charge in [0.15, 0.2) is 0 Å². The first kappa shape index (κ1) is 16.5. The van der Waals surface area contributed by atoms with E-state index in [1.165, 1.54) is 5.56 Å². The van der Waals surface area contributed by atoms with E-state index in [4.69, 9.17) is 4.74 Å². The first-order valence-electron chi connectivity index (χ1n) is 7.40. The molecule has 4 heteroatoms. The number of carbonyl (C=O) groups excluding carboxylic acids is 1. The van der Waals surface area contributed by atoms with Crippen LogP contribution in [0.3, 0.4) is 0 Å². The highest BCUT2D eigenvalue weighted by Crippen LogP contribution is 2.19. The van der Waals surface area contributed by atoms with Gasteiger partial charge in [-0.15, -0.1) is 0 Å². The Kier molecular flexibility index (Phi) is 7.73. The topological polar surface area (TPSA) is 50.4 Å². The minimum Gasteiger partial charge on any atom is -0.493 e. The fourth-order valence-corrected chi connectivity index (χ4v) is 1.90. The molecule has 1 aromatic rings. The van der Waals surface area contributed by atoms with Gasteiger partial charge in [0, 0.05) is 12.6 Å². The lowest BCUT2D eigenvalue weighted by Crippen LogP contribution is -2.24. The molecule has 1 amide bonds. The lowest BCUT2D eigenvalue weighted by atomic mass is 10.1.